The predicted molar refractivity (Wildman–Crippen MR) is 84.0 cm³/mol. The molecule has 0 saturated carbocycles. The number of thiazole rings is 1. The number of aromatic nitrogens is 1. The van der Waals surface area contributed by atoms with Crippen LogP contribution in [0.4, 0.5) is 10.8 Å². The van der Waals surface area contributed by atoms with Crippen molar-refractivity contribution in [1.29, 1.82) is 0 Å². The number of anilines is 2. The molecule has 0 saturated heterocycles. The summed E-state index contributed by atoms with van der Waals surface area (Å²) in [5, 5.41) is 5.59. The Labute approximate surface area is 121 Å². The fourth-order valence-corrected chi connectivity index (χ4v) is 2.29. The van der Waals surface area contributed by atoms with E-state index in [1.165, 1.54) is 11.3 Å². The number of guanidine groups is 1. The first-order valence-electron chi connectivity index (χ1n) is 6.06. The minimum Gasteiger partial charge on any atom is -0.399 e. The van der Waals surface area contributed by atoms with E-state index in [2.05, 4.69) is 15.3 Å². The van der Waals surface area contributed by atoms with E-state index in [4.69, 9.17) is 16.2 Å². The average molecular weight is 291 g/mol. The molecule has 0 radical (unpaired) electrons. The van der Waals surface area contributed by atoms with Gasteiger partial charge in [0.1, 0.15) is 0 Å². The van der Waals surface area contributed by atoms with Gasteiger partial charge in [0.05, 0.1) is 18.8 Å². The fraction of sp³-hybridized carbons (Fsp3) is 0.231. The molecule has 5 N–H and O–H groups in total. The van der Waals surface area contributed by atoms with E-state index in [1.54, 1.807) is 7.11 Å². The van der Waals surface area contributed by atoms with Crippen molar-refractivity contribution in [3.63, 3.8) is 0 Å². The maximum Gasteiger partial charge on any atom is 0.195 e. The van der Waals surface area contributed by atoms with Gasteiger partial charge in [-0.05, 0) is 12.1 Å². The second kappa shape index (κ2) is 6.88. The molecule has 0 spiro atoms. The Morgan fingerprint density at radius 3 is 3.10 bits per heavy atom. The number of nitrogens with two attached hydrogens (primary N) is 2. The number of nitrogens with one attached hydrogen (secondary N) is 1. The molecule has 2 rings (SSSR count). The summed E-state index contributed by atoms with van der Waals surface area (Å²) in [6.45, 7) is 1.05. The first kappa shape index (κ1) is 14.3. The van der Waals surface area contributed by atoms with E-state index in [9.17, 15) is 0 Å². The molecule has 0 atom stereocenters. The SMILES string of the molecule is COCCN=C(N)Nc1nc(-c2cccc(N)c2)cs1. The molecule has 1 aromatic heterocycles. The van der Waals surface area contributed by atoms with Gasteiger partial charge in [-0.25, -0.2) is 4.98 Å². The second-order valence-electron chi connectivity index (χ2n) is 4.05. The van der Waals surface area contributed by atoms with Crippen LogP contribution in [0.25, 0.3) is 11.3 Å². The molecule has 7 heteroatoms. The lowest BCUT2D eigenvalue weighted by Crippen LogP contribution is -2.23. The summed E-state index contributed by atoms with van der Waals surface area (Å²) in [6.07, 6.45) is 0. The van der Waals surface area contributed by atoms with Crippen LogP contribution >= 0.6 is 11.3 Å². The fourth-order valence-electron chi connectivity index (χ4n) is 1.57. The van der Waals surface area contributed by atoms with Crippen LogP contribution in [0.5, 0.6) is 0 Å². The minimum atomic E-state index is 0.329. The quantitative estimate of drug-likeness (QED) is 0.337. The minimum absolute atomic E-state index is 0.329. The monoisotopic (exact) mass is 291 g/mol. The zero-order valence-corrected chi connectivity index (χ0v) is 12.0. The van der Waals surface area contributed by atoms with Crippen LogP contribution in [0.1, 0.15) is 0 Å². The number of nitrogen functional groups attached to an aromatic ring is 1. The van der Waals surface area contributed by atoms with Gasteiger partial charge in [-0.3, -0.25) is 4.99 Å². The van der Waals surface area contributed by atoms with Crippen molar-refractivity contribution in [2.45, 2.75) is 0 Å². The van der Waals surface area contributed by atoms with Crippen molar-refractivity contribution in [3.05, 3.63) is 29.6 Å². The second-order valence-corrected chi connectivity index (χ2v) is 4.91. The molecular weight excluding hydrogens is 274 g/mol. The van der Waals surface area contributed by atoms with E-state index in [-0.39, 0.29) is 0 Å². The molecule has 0 unspecified atom stereocenters. The molecule has 1 aromatic carbocycles. The van der Waals surface area contributed by atoms with E-state index < -0.39 is 0 Å². The molecule has 1 heterocycles. The summed E-state index contributed by atoms with van der Waals surface area (Å²) in [5.74, 6) is 0.329. The summed E-state index contributed by atoms with van der Waals surface area (Å²) in [6, 6.07) is 7.59. The molecule has 6 nitrogen and oxygen atoms in total. The molecule has 106 valence electrons. The highest BCUT2D eigenvalue weighted by Gasteiger charge is 2.05. The Kier molecular flexibility index (Phi) is 4.91. The number of ether oxygens (including phenoxy) is 1. The Balaban J connectivity index is 2.04. The van der Waals surface area contributed by atoms with Gasteiger partial charge in [-0.2, -0.15) is 0 Å². The third-order valence-electron chi connectivity index (χ3n) is 2.50. The molecule has 0 bridgehead atoms. The number of rotatable bonds is 5. The lowest BCUT2D eigenvalue weighted by molar-refractivity contribution is 0.208. The Morgan fingerprint density at radius 1 is 1.50 bits per heavy atom. The van der Waals surface area contributed by atoms with Gasteiger partial charge < -0.3 is 21.5 Å². The molecule has 0 aliphatic carbocycles. The lowest BCUT2D eigenvalue weighted by atomic mass is 10.1. The smallest absolute Gasteiger partial charge is 0.195 e. The zero-order valence-electron chi connectivity index (χ0n) is 11.2. The maximum atomic E-state index is 5.76. The Bertz CT molecular complexity index is 596. The number of methoxy groups -OCH3 is 1. The van der Waals surface area contributed by atoms with E-state index in [0.29, 0.717) is 29.9 Å². The topological polar surface area (TPSA) is 98.5 Å². The van der Waals surface area contributed by atoms with Gasteiger partial charge in [0.2, 0.25) is 0 Å². The molecule has 0 fully saturated rings. The summed E-state index contributed by atoms with van der Waals surface area (Å²) < 4.78 is 4.90. The molecule has 0 aliphatic rings. The third kappa shape index (κ3) is 3.94. The van der Waals surface area contributed by atoms with Gasteiger partial charge in [-0.15, -0.1) is 11.3 Å². The molecule has 20 heavy (non-hydrogen) atoms. The van der Waals surface area contributed by atoms with Crippen molar-refractivity contribution in [1.82, 2.24) is 4.98 Å². The summed E-state index contributed by atoms with van der Waals surface area (Å²) >= 11 is 1.46. The standard InChI is InChI=1S/C13H17N5OS/c1-19-6-5-16-12(15)18-13-17-11(8-20-13)9-3-2-4-10(14)7-9/h2-4,7-8H,5-6,14H2,1H3,(H3,15,16,17,18). The van der Waals surface area contributed by atoms with Crippen molar-refractivity contribution in [2.75, 3.05) is 31.3 Å². The van der Waals surface area contributed by atoms with E-state index in [0.717, 1.165) is 11.3 Å². The van der Waals surface area contributed by atoms with Crippen LogP contribution in [-0.2, 0) is 4.74 Å². The van der Waals surface area contributed by atoms with E-state index >= 15 is 0 Å². The van der Waals surface area contributed by atoms with Gasteiger partial charge in [0.15, 0.2) is 11.1 Å². The van der Waals surface area contributed by atoms with Crippen LogP contribution < -0.4 is 16.8 Å². The van der Waals surface area contributed by atoms with Gasteiger partial charge in [-0.1, -0.05) is 12.1 Å². The number of nitrogens with zero attached hydrogens (tertiary/aromatic N) is 2. The van der Waals surface area contributed by atoms with Crippen LogP contribution in [0, 0.1) is 0 Å². The Morgan fingerprint density at radius 2 is 2.35 bits per heavy atom. The summed E-state index contributed by atoms with van der Waals surface area (Å²) in [5.41, 5.74) is 14.1. The highest BCUT2D eigenvalue weighted by molar-refractivity contribution is 7.14. The highest BCUT2D eigenvalue weighted by Crippen LogP contribution is 2.25. The normalized spacial score (nSPS) is 11.6. The highest BCUT2D eigenvalue weighted by atomic mass is 32.1. The molecule has 2 aromatic rings. The lowest BCUT2D eigenvalue weighted by Gasteiger charge is -2.01. The Hall–Kier alpha value is -2.12. The van der Waals surface area contributed by atoms with Gasteiger partial charge >= 0.3 is 0 Å². The number of benzene rings is 1. The van der Waals surface area contributed by atoms with Crippen molar-refractivity contribution in [3.8, 4) is 11.3 Å². The van der Waals surface area contributed by atoms with Gasteiger partial charge in [0.25, 0.3) is 0 Å². The maximum absolute atomic E-state index is 5.76. The van der Waals surface area contributed by atoms with Crippen molar-refractivity contribution >= 4 is 28.1 Å². The average Bonchev–Trinajstić information content (AvgIpc) is 2.87. The van der Waals surface area contributed by atoms with Crippen LogP contribution in [-0.4, -0.2) is 31.2 Å². The van der Waals surface area contributed by atoms with Crippen molar-refractivity contribution in [2.24, 2.45) is 10.7 Å². The zero-order chi connectivity index (χ0) is 14.4. The van der Waals surface area contributed by atoms with Crippen LogP contribution in [0.15, 0.2) is 34.6 Å². The summed E-state index contributed by atoms with van der Waals surface area (Å²) in [7, 11) is 1.62. The van der Waals surface area contributed by atoms with Crippen LogP contribution in [0.3, 0.4) is 0 Å². The number of aliphatic imine (C=N–C) groups is 1. The third-order valence-corrected chi connectivity index (χ3v) is 3.26. The molecule has 0 aliphatic heterocycles. The van der Waals surface area contributed by atoms with E-state index in [1.807, 2.05) is 29.6 Å². The van der Waals surface area contributed by atoms with Gasteiger partial charge in [0, 0.05) is 23.7 Å². The largest absolute Gasteiger partial charge is 0.399 e. The summed E-state index contributed by atoms with van der Waals surface area (Å²) in [4.78, 5) is 8.56. The molecule has 0 amide bonds. The number of hydrogen-bond donors (Lipinski definition) is 3. The number of hydrogen-bond acceptors (Lipinski definition) is 5. The van der Waals surface area contributed by atoms with Crippen LogP contribution in [0.2, 0.25) is 0 Å². The predicted octanol–water partition coefficient (Wildman–Crippen LogP) is 1.77. The first-order chi connectivity index (χ1) is 9.69. The van der Waals surface area contributed by atoms with Crippen molar-refractivity contribution < 1.29 is 4.74 Å². The molecular formula is C13H17N5OS. The first-order valence-corrected chi connectivity index (χ1v) is 6.94.